The van der Waals surface area contributed by atoms with E-state index in [4.69, 9.17) is 11.7 Å². The monoisotopic (exact) mass is 256 g/mol. The first-order chi connectivity index (χ1) is 9.10. The smallest absolute Gasteiger partial charge is 0.307 e. The number of hydrogen-bond acceptors (Lipinski definition) is 2. The topological polar surface area (TPSA) is 54.5 Å². The fourth-order valence-electron chi connectivity index (χ4n) is 1.77. The first-order valence-electron chi connectivity index (χ1n) is 5.44. The van der Waals surface area contributed by atoms with Crippen molar-refractivity contribution in [3.05, 3.63) is 59.5 Å². The summed E-state index contributed by atoms with van der Waals surface area (Å²) in [6.07, 6.45) is 1.18. The molecule has 19 heavy (non-hydrogen) atoms. The highest BCUT2D eigenvalue weighted by Gasteiger charge is 2.09. The molecule has 0 unspecified atom stereocenters. The van der Waals surface area contributed by atoms with Gasteiger partial charge in [-0.05, 0) is 28.8 Å². The van der Waals surface area contributed by atoms with Crippen molar-refractivity contribution in [2.24, 2.45) is 0 Å². The van der Waals surface area contributed by atoms with E-state index < -0.39 is 11.9 Å². The molecule has 0 bridgehead atoms. The molecule has 94 valence electrons. The average molecular weight is 256 g/mol. The van der Waals surface area contributed by atoms with Gasteiger partial charge in [0.1, 0.15) is 0 Å². The summed E-state index contributed by atoms with van der Waals surface area (Å²) < 4.78 is 13.1. The van der Waals surface area contributed by atoms with Gasteiger partial charge in [-0.15, -0.1) is 0 Å². The van der Waals surface area contributed by atoms with Crippen molar-refractivity contribution < 1.29 is 14.3 Å². The number of carbonyl (C=O) groups is 1. The summed E-state index contributed by atoms with van der Waals surface area (Å²) in [5.74, 6) is -1.58. The second-order valence-electron chi connectivity index (χ2n) is 3.90. The third-order valence-corrected chi connectivity index (χ3v) is 2.58. The average Bonchev–Trinajstić information content (AvgIpc) is 2.37. The minimum atomic E-state index is -0.960. The number of carboxylic acid groups (broad SMARTS) is 1. The normalized spacial score (nSPS) is 9.89. The van der Waals surface area contributed by atoms with Crippen LogP contribution in [0.3, 0.4) is 0 Å². The summed E-state index contributed by atoms with van der Waals surface area (Å²) in [6.45, 7) is 7.13. The van der Waals surface area contributed by atoms with Gasteiger partial charge in [0.25, 0.3) is 0 Å². The summed E-state index contributed by atoms with van der Waals surface area (Å²) >= 11 is 0. The first-order valence-corrected chi connectivity index (χ1v) is 5.44. The maximum atomic E-state index is 13.1. The van der Waals surface area contributed by atoms with E-state index in [-0.39, 0.29) is 6.42 Å². The third kappa shape index (κ3) is 2.93. The fraction of sp³-hybridized carbons (Fsp3) is 0.0714. The molecular weight excluding hydrogens is 247 g/mol. The zero-order valence-corrected chi connectivity index (χ0v) is 9.80. The van der Waals surface area contributed by atoms with Gasteiger partial charge in [0.2, 0.25) is 5.95 Å². The van der Waals surface area contributed by atoms with Gasteiger partial charge >= 0.3 is 5.97 Å². The number of pyridine rings is 1. The molecule has 0 fully saturated rings. The third-order valence-electron chi connectivity index (χ3n) is 2.58. The molecule has 0 spiro atoms. The fourth-order valence-corrected chi connectivity index (χ4v) is 1.77. The number of aliphatic carboxylic acids is 1. The molecule has 0 amide bonds. The molecule has 2 rings (SSSR count). The standard InChI is InChI=1S/C14H9FN2O2/c1-16-12-6-9(7-14(18)19)2-3-11(12)10-4-5-17-13(15)8-10/h2-6,8H,7H2,(H,18,19). The van der Waals surface area contributed by atoms with Gasteiger partial charge in [-0.1, -0.05) is 18.2 Å². The maximum absolute atomic E-state index is 13.1. The van der Waals surface area contributed by atoms with Gasteiger partial charge in [-0.2, -0.15) is 4.39 Å². The Labute approximate surface area is 109 Å². The molecule has 1 heterocycles. The van der Waals surface area contributed by atoms with E-state index >= 15 is 0 Å². The Bertz CT molecular complexity index is 677. The van der Waals surface area contributed by atoms with Crippen molar-refractivity contribution in [3.8, 4) is 11.1 Å². The van der Waals surface area contributed by atoms with E-state index in [0.717, 1.165) is 0 Å². The van der Waals surface area contributed by atoms with Crippen LogP contribution >= 0.6 is 0 Å². The van der Waals surface area contributed by atoms with Crippen LogP contribution in [-0.4, -0.2) is 16.1 Å². The Morgan fingerprint density at radius 2 is 2.16 bits per heavy atom. The lowest BCUT2D eigenvalue weighted by atomic mass is 10.0. The zero-order chi connectivity index (χ0) is 13.8. The van der Waals surface area contributed by atoms with Crippen molar-refractivity contribution >= 4 is 11.7 Å². The molecule has 0 radical (unpaired) electrons. The molecule has 2 aromatic rings. The van der Waals surface area contributed by atoms with E-state index in [2.05, 4.69) is 9.83 Å². The number of nitrogens with zero attached hydrogens (tertiary/aromatic N) is 2. The molecule has 1 N–H and O–H groups in total. The van der Waals surface area contributed by atoms with E-state index in [1.165, 1.54) is 18.3 Å². The van der Waals surface area contributed by atoms with Crippen molar-refractivity contribution in [2.75, 3.05) is 0 Å². The number of rotatable bonds is 3. The highest BCUT2D eigenvalue weighted by atomic mass is 19.1. The first kappa shape index (κ1) is 12.7. The van der Waals surface area contributed by atoms with E-state index in [1.807, 2.05) is 0 Å². The lowest BCUT2D eigenvalue weighted by molar-refractivity contribution is -0.136. The van der Waals surface area contributed by atoms with Crippen LogP contribution in [-0.2, 0) is 11.2 Å². The molecule has 4 nitrogen and oxygen atoms in total. The Balaban J connectivity index is 2.47. The van der Waals surface area contributed by atoms with Gasteiger partial charge in [0.05, 0.1) is 13.0 Å². The Morgan fingerprint density at radius 1 is 1.37 bits per heavy atom. The molecule has 1 aromatic carbocycles. The van der Waals surface area contributed by atoms with Crippen LogP contribution in [0.1, 0.15) is 5.56 Å². The molecule has 0 aliphatic heterocycles. The lowest BCUT2D eigenvalue weighted by Gasteiger charge is -2.06. The minimum Gasteiger partial charge on any atom is -0.481 e. The van der Waals surface area contributed by atoms with Gasteiger partial charge in [-0.3, -0.25) is 4.79 Å². The van der Waals surface area contributed by atoms with Crippen molar-refractivity contribution in [2.45, 2.75) is 6.42 Å². The summed E-state index contributed by atoms with van der Waals surface area (Å²) in [5, 5.41) is 8.72. The minimum absolute atomic E-state index is 0.145. The molecular formula is C14H9FN2O2. The van der Waals surface area contributed by atoms with Crippen LogP contribution in [0.5, 0.6) is 0 Å². The van der Waals surface area contributed by atoms with E-state index in [9.17, 15) is 9.18 Å². The maximum Gasteiger partial charge on any atom is 0.307 e. The largest absolute Gasteiger partial charge is 0.481 e. The Morgan fingerprint density at radius 3 is 2.79 bits per heavy atom. The summed E-state index contributed by atoms with van der Waals surface area (Å²) in [5.41, 5.74) is 1.94. The van der Waals surface area contributed by atoms with Crippen LogP contribution in [0.4, 0.5) is 10.1 Å². The highest BCUT2D eigenvalue weighted by Crippen LogP contribution is 2.31. The summed E-state index contributed by atoms with van der Waals surface area (Å²) in [4.78, 5) is 17.4. The number of halogens is 1. The number of benzene rings is 1. The van der Waals surface area contributed by atoms with Crippen LogP contribution in [0.2, 0.25) is 0 Å². The highest BCUT2D eigenvalue weighted by molar-refractivity contribution is 5.80. The second kappa shape index (κ2) is 5.27. The quantitative estimate of drug-likeness (QED) is 0.678. The molecule has 0 saturated carbocycles. The summed E-state index contributed by atoms with van der Waals surface area (Å²) in [7, 11) is 0. The van der Waals surface area contributed by atoms with Crippen LogP contribution in [0.15, 0.2) is 36.5 Å². The number of aromatic nitrogens is 1. The van der Waals surface area contributed by atoms with Crippen LogP contribution < -0.4 is 0 Å². The number of hydrogen-bond donors (Lipinski definition) is 1. The zero-order valence-electron chi connectivity index (χ0n) is 9.80. The summed E-state index contributed by atoms with van der Waals surface area (Å²) in [6, 6.07) is 7.59. The lowest BCUT2D eigenvalue weighted by Crippen LogP contribution is -1.99. The second-order valence-corrected chi connectivity index (χ2v) is 3.90. The van der Waals surface area contributed by atoms with Gasteiger partial charge < -0.3 is 5.11 Å². The SMILES string of the molecule is [C-]#[N+]c1cc(CC(=O)O)ccc1-c1ccnc(F)c1. The van der Waals surface area contributed by atoms with Crippen LogP contribution in [0, 0.1) is 12.5 Å². The van der Waals surface area contributed by atoms with Crippen molar-refractivity contribution in [3.63, 3.8) is 0 Å². The Kier molecular flexibility index (Phi) is 3.53. The number of carboxylic acids is 1. The van der Waals surface area contributed by atoms with Gasteiger partial charge in [0, 0.05) is 6.20 Å². The molecule has 0 saturated heterocycles. The molecule has 0 atom stereocenters. The molecule has 1 aromatic heterocycles. The van der Waals surface area contributed by atoms with Crippen molar-refractivity contribution in [1.29, 1.82) is 0 Å². The predicted molar refractivity (Wildman–Crippen MR) is 67.2 cm³/mol. The molecule has 0 aliphatic rings. The molecule has 5 heteroatoms. The van der Waals surface area contributed by atoms with Crippen LogP contribution in [0.25, 0.3) is 16.0 Å². The predicted octanol–water partition coefficient (Wildman–Crippen LogP) is 3.07. The van der Waals surface area contributed by atoms with Gasteiger partial charge in [-0.25, -0.2) is 9.83 Å². The molecule has 0 aliphatic carbocycles. The van der Waals surface area contributed by atoms with E-state index in [1.54, 1.807) is 18.2 Å². The van der Waals surface area contributed by atoms with Gasteiger partial charge in [0.15, 0.2) is 5.69 Å². The van der Waals surface area contributed by atoms with E-state index in [0.29, 0.717) is 22.4 Å². The van der Waals surface area contributed by atoms with Crippen molar-refractivity contribution in [1.82, 2.24) is 4.98 Å². The Hall–Kier alpha value is -2.74.